The summed E-state index contributed by atoms with van der Waals surface area (Å²) in [7, 11) is 0. The molecule has 2 aromatic heterocycles. The molecule has 2 N–H and O–H groups in total. The third-order valence-electron chi connectivity index (χ3n) is 5.82. The van der Waals surface area contributed by atoms with Gasteiger partial charge in [-0.15, -0.1) is 34.2 Å². The Kier molecular flexibility index (Phi) is 11.8. The Morgan fingerprint density at radius 3 is 2.59 bits per heavy atom. The minimum Gasteiger partial charge on any atom is -0.361 e. The third kappa shape index (κ3) is 6.85. The van der Waals surface area contributed by atoms with Crippen LogP contribution in [0.15, 0.2) is 14.7 Å². The zero-order valence-corrected chi connectivity index (χ0v) is 23.0. The van der Waals surface area contributed by atoms with Crippen LogP contribution in [0.4, 0.5) is 0 Å². The smallest absolute Gasteiger partial charge is 0.191 e. The second-order valence-corrected chi connectivity index (χ2v) is 8.65. The van der Waals surface area contributed by atoms with Gasteiger partial charge in [0.05, 0.1) is 12.2 Å². The van der Waals surface area contributed by atoms with Crippen molar-refractivity contribution < 1.29 is 4.52 Å². The summed E-state index contributed by atoms with van der Waals surface area (Å²) < 4.78 is 7.85. The summed E-state index contributed by atoms with van der Waals surface area (Å²) in [5.41, 5.74) is 2.13. The fourth-order valence-corrected chi connectivity index (χ4v) is 4.79. The Morgan fingerprint density at radius 2 is 1.94 bits per heavy atom. The maximum absolute atomic E-state index is 5.46. The van der Waals surface area contributed by atoms with E-state index in [1.165, 1.54) is 25.7 Å². The van der Waals surface area contributed by atoms with Gasteiger partial charge in [0, 0.05) is 37.5 Å². The van der Waals surface area contributed by atoms with E-state index in [2.05, 4.69) is 57.6 Å². The van der Waals surface area contributed by atoms with Gasteiger partial charge in [0.15, 0.2) is 11.1 Å². The van der Waals surface area contributed by atoms with Gasteiger partial charge in [0.1, 0.15) is 11.6 Å². The number of nitrogens with zero attached hydrogens (tertiary/aromatic N) is 5. The van der Waals surface area contributed by atoms with E-state index in [1.807, 2.05) is 0 Å². The van der Waals surface area contributed by atoms with E-state index >= 15 is 0 Å². The summed E-state index contributed by atoms with van der Waals surface area (Å²) in [6.45, 7) is 8.51. The van der Waals surface area contributed by atoms with E-state index < -0.39 is 0 Å². The largest absolute Gasteiger partial charge is 0.361 e. The molecule has 1 fully saturated rings. The average molecular weight is 576 g/mol. The van der Waals surface area contributed by atoms with Crippen molar-refractivity contribution in [1.29, 1.82) is 0 Å². The molecular formula is C22H38IN7OS. The Labute approximate surface area is 213 Å². The van der Waals surface area contributed by atoms with Crippen LogP contribution < -0.4 is 10.6 Å². The summed E-state index contributed by atoms with van der Waals surface area (Å²) in [4.78, 5) is 4.77. The number of aryl methyl sites for hydroxylation is 3. The molecule has 0 aromatic carbocycles. The minimum atomic E-state index is 0. The fraction of sp³-hybridized carbons (Fsp3) is 0.727. The highest BCUT2D eigenvalue weighted by Crippen LogP contribution is 2.33. The molecular weight excluding hydrogens is 537 g/mol. The highest BCUT2D eigenvalue weighted by atomic mass is 127. The number of rotatable bonds is 11. The summed E-state index contributed by atoms with van der Waals surface area (Å²) in [5, 5.41) is 21.0. The van der Waals surface area contributed by atoms with Crippen LogP contribution >= 0.6 is 35.7 Å². The zero-order chi connectivity index (χ0) is 22.1. The first-order valence-corrected chi connectivity index (χ1v) is 12.9. The van der Waals surface area contributed by atoms with Crippen molar-refractivity contribution in [2.24, 2.45) is 4.99 Å². The van der Waals surface area contributed by atoms with Gasteiger partial charge in [-0.2, -0.15) is 0 Å². The maximum atomic E-state index is 5.46. The molecule has 180 valence electrons. The first kappa shape index (κ1) is 26.9. The number of aliphatic imine (C=N–C) groups is 1. The van der Waals surface area contributed by atoms with Crippen LogP contribution in [0.5, 0.6) is 0 Å². The lowest BCUT2D eigenvalue weighted by molar-refractivity contribution is 0.380. The van der Waals surface area contributed by atoms with Crippen LogP contribution in [0.25, 0.3) is 0 Å². The molecule has 0 spiro atoms. The second-order valence-electron chi connectivity index (χ2n) is 7.87. The molecule has 0 bridgehead atoms. The molecule has 1 saturated carbocycles. The number of aromatic nitrogens is 4. The highest BCUT2D eigenvalue weighted by Gasteiger charge is 2.23. The molecule has 0 aliphatic heterocycles. The number of hydrogen-bond acceptors (Lipinski definition) is 6. The molecule has 0 unspecified atom stereocenters. The summed E-state index contributed by atoms with van der Waals surface area (Å²) in [6, 6.07) is 0.573. The number of hydrogen-bond donors (Lipinski definition) is 2. The molecule has 0 saturated heterocycles. The molecule has 2 aromatic rings. The molecule has 2 heterocycles. The van der Waals surface area contributed by atoms with E-state index in [0.29, 0.717) is 12.6 Å². The Balaban J connectivity index is 0.00000363. The number of nitrogens with one attached hydrogen (secondary N) is 2. The normalized spacial score (nSPS) is 14.6. The van der Waals surface area contributed by atoms with Crippen molar-refractivity contribution in [3.8, 4) is 0 Å². The third-order valence-corrected chi connectivity index (χ3v) is 6.47. The van der Waals surface area contributed by atoms with Crippen LogP contribution in [0, 0.1) is 0 Å². The lowest BCUT2D eigenvalue weighted by Crippen LogP contribution is -2.38. The predicted octanol–water partition coefficient (Wildman–Crippen LogP) is 4.53. The van der Waals surface area contributed by atoms with Crippen molar-refractivity contribution >= 4 is 41.7 Å². The van der Waals surface area contributed by atoms with Crippen molar-refractivity contribution in [1.82, 2.24) is 30.6 Å². The van der Waals surface area contributed by atoms with Gasteiger partial charge in [0.2, 0.25) is 0 Å². The lowest BCUT2D eigenvalue weighted by atomic mass is 10.1. The highest BCUT2D eigenvalue weighted by molar-refractivity contribution is 14.0. The Hall–Kier alpha value is -1.30. The van der Waals surface area contributed by atoms with E-state index in [9.17, 15) is 0 Å². The van der Waals surface area contributed by atoms with Crippen LogP contribution in [0.2, 0.25) is 0 Å². The van der Waals surface area contributed by atoms with E-state index in [4.69, 9.17) is 9.52 Å². The SMILES string of the molecule is CCNC(=NCc1c(CC)noc1CC)NCCCc1nnc(SC)n1C1CCCC1.I. The van der Waals surface area contributed by atoms with Crippen molar-refractivity contribution in [3.63, 3.8) is 0 Å². The lowest BCUT2D eigenvalue weighted by Gasteiger charge is -2.16. The fourth-order valence-electron chi connectivity index (χ4n) is 4.22. The van der Waals surface area contributed by atoms with Gasteiger partial charge in [-0.3, -0.25) is 0 Å². The van der Waals surface area contributed by atoms with Crippen LogP contribution in [0.1, 0.15) is 81.8 Å². The first-order valence-electron chi connectivity index (χ1n) is 11.7. The van der Waals surface area contributed by atoms with E-state index in [1.54, 1.807) is 11.8 Å². The molecule has 32 heavy (non-hydrogen) atoms. The molecule has 8 nitrogen and oxygen atoms in total. The van der Waals surface area contributed by atoms with E-state index in [0.717, 1.165) is 72.7 Å². The van der Waals surface area contributed by atoms with Crippen molar-refractivity contribution in [2.75, 3.05) is 19.3 Å². The van der Waals surface area contributed by atoms with Gasteiger partial charge >= 0.3 is 0 Å². The zero-order valence-electron chi connectivity index (χ0n) is 19.8. The second kappa shape index (κ2) is 14.1. The van der Waals surface area contributed by atoms with Gasteiger partial charge in [-0.05, 0) is 38.9 Å². The van der Waals surface area contributed by atoms with E-state index in [-0.39, 0.29) is 24.0 Å². The Bertz CT molecular complexity index is 824. The predicted molar refractivity (Wildman–Crippen MR) is 141 cm³/mol. The number of halogens is 1. The quantitative estimate of drug-likeness (QED) is 0.134. The number of thioether (sulfide) groups is 1. The summed E-state index contributed by atoms with van der Waals surface area (Å²) in [5.74, 6) is 2.88. The van der Waals surface area contributed by atoms with Crippen LogP contribution in [-0.4, -0.2) is 45.2 Å². The number of guanidine groups is 1. The van der Waals surface area contributed by atoms with Crippen molar-refractivity contribution in [2.45, 2.75) is 89.9 Å². The summed E-state index contributed by atoms with van der Waals surface area (Å²) >= 11 is 1.70. The van der Waals surface area contributed by atoms with Crippen LogP contribution in [0.3, 0.4) is 0 Å². The first-order chi connectivity index (χ1) is 15.2. The molecule has 0 atom stereocenters. The molecule has 1 aliphatic carbocycles. The monoisotopic (exact) mass is 575 g/mol. The maximum Gasteiger partial charge on any atom is 0.191 e. The Morgan fingerprint density at radius 1 is 1.16 bits per heavy atom. The molecule has 3 rings (SSSR count). The standard InChI is InChI=1S/C22H37N7OS.HI/c1-5-18-17(19(6-2)30-28-18)15-25-21(23-7-3)24-14-10-13-20-26-27-22(31-4)29(20)16-11-8-9-12-16;/h16H,5-15H2,1-4H3,(H2,23,24,25);1H. The van der Waals surface area contributed by atoms with Gasteiger partial charge in [-0.25, -0.2) is 4.99 Å². The molecule has 1 aliphatic rings. The summed E-state index contributed by atoms with van der Waals surface area (Å²) in [6.07, 6.45) is 10.8. The topological polar surface area (TPSA) is 93.2 Å². The van der Waals surface area contributed by atoms with Gasteiger partial charge < -0.3 is 19.7 Å². The minimum absolute atomic E-state index is 0. The molecule has 0 radical (unpaired) electrons. The average Bonchev–Trinajstić information content (AvgIpc) is 3.53. The van der Waals surface area contributed by atoms with Gasteiger partial charge in [0.25, 0.3) is 0 Å². The van der Waals surface area contributed by atoms with Gasteiger partial charge in [-0.1, -0.05) is 43.6 Å². The van der Waals surface area contributed by atoms with Crippen LogP contribution in [-0.2, 0) is 25.8 Å². The van der Waals surface area contributed by atoms with Crippen molar-refractivity contribution in [3.05, 3.63) is 22.8 Å². The molecule has 10 heteroatoms. The molecule has 0 amide bonds.